The number of hydrazine groups is 1. The summed E-state index contributed by atoms with van der Waals surface area (Å²) in [6.45, 7) is 2.37. The lowest BCUT2D eigenvalue weighted by molar-refractivity contribution is 0.221. The second-order valence-electron chi connectivity index (χ2n) is 5.48. The van der Waals surface area contributed by atoms with E-state index in [-0.39, 0.29) is 0 Å². The summed E-state index contributed by atoms with van der Waals surface area (Å²) in [4.78, 5) is 0. The largest absolute Gasteiger partial charge is 0.271 e. The minimum Gasteiger partial charge on any atom is -0.271 e. The maximum Gasteiger partial charge on any atom is 0.0241 e. The van der Waals surface area contributed by atoms with Crippen LogP contribution in [0.5, 0.6) is 0 Å². The molecule has 2 nitrogen and oxygen atoms in total. The molecular formula is C12H24N2. The van der Waals surface area contributed by atoms with Crippen LogP contribution in [-0.4, -0.2) is 6.04 Å². The standard InChI is InChI=1S/C12H24N2/c1-9-5-6-11(7-9)12(14-13)8-10-3-2-4-10/h9-12,14H,2-8,13H2,1H3. The Hall–Kier alpha value is -0.0800. The van der Waals surface area contributed by atoms with Gasteiger partial charge < -0.3 is 0 Å². The summed E-state index contributed by atoms with van der Waals surface area (Å²) < 4.78 is 0. The van der Waals surface area contributed by atoms with Crippen LogP contribution in [0.2, 0.25) is 0 Å². The van der Waals surface area contributed by atoms with Gasteiger partial charge in [0.2, 0.25) is 0 Å². The summed E-state index contributed by atoms with van der Waals surface area (Å²) in [5.41, 5.74) is 3.06. The first kappa shape index (κ1) is 10.4. The highest BCUT2D eigenvalue weighted by Crippen LogP contribution is 2.37. The molecule has 2 fully saturated rings. The van der Waals surface area contributed by atoms with Crippen molar-refractivity contribution in [3.05, 3.63) is 0 Å². The minimum atomic E-state index is 0.602. The summed E-state index contributed by atoms with van der Waals surface area (Å²) in [7, 11) is 0. The Morgan fingerprint density at radius 1 is 1.29 bits per heavy atom. The van der Waals surface area contributed by atoms with Crippen LogP contribution in [0, 0.1) is 17.8 Å². The van der Waals surface area contributed by atoms with Gasteiger partial charge in [-0.3, -0.25) is 11.3 Å². The Morgan fingerprint density at radius 3 is 2.50 bits per heavy atom. The van der Waals surface area contributed by atoms with Crippen LogP contribution in [0.15, 0.2) is 0 Å². The number of hydrogen-bond donors (Lipinski definition) is 2. The van der Waals surface area contributed by atoms with Crippen LogP contribution in [-0.2, 0) is 0 Å². The normalized spacial score (nSPS) is 35.6. The van der Waals surface area contributed by atoms with Crippen LogP contribution in [0.4, 0.5) is 0 Å². The van der Waals surface area contributed by atoms with E-state index < -0.39 is 0 Å². The SMILES string of the molecule is CC1CCC(C(CC2CCC2)NN)C1. The van der Waals surface area contributed by atoms with Crippen LogP contribution < -0.4 is 11.3 Å². The van der Waals surface area contributed by atoms with Crippen LogP contribution in [0.25, 0.3) is 0 Å². The van der Waals surface area contributed by atoms with E-state index >= 15 is 0 Å². The molecule has 3 atom stereocenters. The second kappa shape index (κ2) is 4.63. The molecule has 0 radical (unpaired) electrons. The van der Waals surface area contributed by atoms with E-state index in [9.17, 15) is 0 Å². The van der Waals surface area contributed by atoms with Crippen molar-refractivity contribution in [1.82, 2.24) is 5.43 Å². The van der Waals surface area contributed by atoms with E-state index in [1.807, 2.05) is 0 Å². The summed E-state index contributed by atoms with van der Waals surface area (Å²) in [6.07, 6.45) is 9.86. The summed E-state index contributed by atoms with van der Waals surface area (Å²) in [5, 5.41) is 0. The van der Waals surface area contributed by atoms with Gasteiger partial charge in [-0.1, -0.05) is 32.6 Å². The molecule has 2 aliphatic rings. The first-order valence-electron chi connectivity index (χ1n) is 6.25. The van der Waals surface area contributed by atoms with Gasteiger partial charge >= 0.3 is 0 Å². The Kier molecular flexibility index (Phi) is 3.45. The average molecular weight is 196 g/mol. The lowest BCUT2D eigenvalue weighted by Gasteiger charge is -2.32. The van der Waals surface area contributed by atoms with Crippen molar-refractivity contribution >= 4 is 0 Å². The molecule has 2 aliphatic carbocycles. The summed E-state index contributed by atoms with van der Waals surface area (Å²) >= 11 is 0. The van der Waals surface area contributed by atoms with Crippen molar-refractivity contribution in [2.45, 2.75) is 57.9 Å². The van der Waals surface area contributed by atoms with E-state index in [1.165, 1.54) is 44.9 Å². The Labute approximate surface area is 87.6 Å². The molecule has 82 valence electrons. The van der Waals surface area contributed by atoms with Crippen LogP contribution in [0.3, 0.4) is 0 Å². The summed E-state index contributed by atoms with van der Waals surface area (Å²) in [6, 6.07) is 0.602. The third kappa shape index (κ3) is 2.29. The van der Waals surface area contributed by atoms with Crippen molar-refractivity contribution < 1.29 is 0 Å². The third-order valence-corrected chi connectivity index (χ3v) is 4.33. The van der Waals surface area contributed by atoms with Gasteiger partial charge in [-0.25, -0.2) is 0 Å². The van der Waals surface area contributed by atoms with Crippen molar-refractivity contribution in [2.75, 3.05) is 0 Å². The lowest BCUT2D eigenvalue weighted by atomic mass is 9.78. The number of rotatable bonds is 4. The predicted octanol–water partition coefficient (Wildman–Crippen LogP) is 2.44. The van der Waals surface area contributed by atoms with Gasteiger partial charge in [0.1, 0.15) is 0 Å². The van der Waals surface area contributed by atoms with Crippen molar-refractivity contribution in [3.63, 3.8) is 0 Å². The quantitative estimate of drug-likeness (QED) is 0.535. The zero-order chi connectivity index (χ0) is 9.97. The zero-order valence-electron chi connectivity index (χ0n) is 9.34. The molecule has 2 rings (SSSR count). The molecule has 0 amide bonds. The Morgan fingerprint density at radius 2 is 2.07 bits per heavy atom. The predicted molar refractivity (Wildman–Crippen MR) is 59.6 cm³/mol. The van der Waals surface area contributed by atoms with Gasteiger partial charge in [0.25, 0.3) is 0 Å². The molecule has 3 unspecified atom stereocenters. The highest BCUT2D eigenvalue weighted by molar-refractivity contribution is 4.85. The maximum absolute atomic E-state index is 5.68. The second-order valence-corrected chi connectivity index (χ2v) is 5.48. The van der Waals surface area contributed by atoms with Gasteiger partial charge in [0, 0.05) is 6.04 Å². The highest BCUT2D eigenvalue weighted by Gasteiger charge is 2.31. The first-order chi connectivity index (χ1) is 6.79. The molecule has 0 aromatic heterocycles. The number of nitrogens with one attached hydrogen (secondary N) is 1. The number of hydrogen-bond acceptors (Lipinski definition) is 2. The van der Waals surface area contributed by atoms with Gasteiger partial charge in [0.15, 0.2) is 0 Å². The van der Waals surface area contributed by atoms with Gasteiger partial charge in [-0.05, 0) is 37.0 Å². The smallest absolute Gasteiger partial charge is 0.0241 e. The molecule has 2 heteroatoms. The van der Waals surface area contributed by atoms with Crippen LogP contribution >= 0.6 is 0 Å². The van der Waals surface area contributed by atoms with E-state index in [0.29, 0.717) is 6.04 Å². The van der Waals surface area contributed by atoms with Crippen molar-refractivity contribution in [2.24, 2.45) is 23.6 Å². The van der Waals surface area contributed by atoms with Gasteiger partial charge in [0.05, 0.1) is 0 Å². The third-order valence-electron chi connectivity index (χ3n) is 4.33. The van der Waals surface area contributed by atoms with E-state index in [0.717, 1.165) is 17.8 Å². The molecular weight excluding hydrogens is 172 g/mol. The summed E-state index contributed by atoms with van der Waals surface area (Å²) in [5.74, 6) is 8.44. The molecule has 0 spiro atoms. The fourth-order valence-electron chi connectivity index (χ4n) is 3.10. The Bertz CT molecular complexity index is 177. The Balaban J connectivity index is 1.79. The topological polar surface area (TPSA) is 38.0 Å². The van der Waals surface area contributed by atoms with Crippen LogP contribution in [0.1, 0.15) is 51.9 Å². The van der Waals surface area contributed by atoms with E-state index in [1.54, 1.807) is 0 Å². The number of nitrogens with two attached hydrogens (primary N) is 1. The first-order valence-corrected chi connectivity index (χ1v) is 6.25. The molecule has 0 bridgehead atoms. The maximum atomic E-state index is 5.68. The zero-order valence-corrected chi connectivity index (χ0v) is 9.34. The molecule has 3 N–H and O–H groups in total. The molecule has 14 heavy (non-hydrogen) atoms. The van der Waals surface area contributed by atoms with E-state index in [4.69, 9.17) is 5.84 Å². The molecule has 0 aromatic carbocycles. The molecule has 0 heterocycles. The molecule has 2 saturated carbocycles. The molecule has 0 aliphatic heterocycles. The minimum absolute atomic E-state index is 0.602. The highest BCUT2D eigenvalue weighted by atomic mass is 15.2. The van der Waals surface area contributed by atoms with Gasteiger partial charge in [-0.15, -0.1) is 0 Å². The molecule has 0 aromatic rings. The lowest BCUT2D eigenvalue weighted by Crippen LogP contribution is -2.42. The van der Waals surface area contributed by atoms with Crippen molar-refractivity contribution in [1.29, 1.82) is 0 Å². The monoisotopic (exact) mass is 196 g/mol. The molecule has 0 saturated heterocycles. The van der Waals surface area contributed by atoms with Gasteiger partial charge in [-0.2, -0.15) is 0 Å². The fraction of sp³-hybridized carbons (Fsp3) is 1.00. The van der Waals surface area contributed by atoms with Crippen molar-refractivity contribution in [3.8, 4) is 0 Å². The fourth-order valence-corrected chi connectivity index (χ4v) is 3.10. The van der Waals surface area contributed by atoms with E-state index in [2.05, 4.69) is 12.3 Å². The average Bonchev–Trinajstić information content (AvgIpc) is 2.50.